The van der Waals surface area contributed by atoms with Gasteiger partial charge in [-0.25, -0.2) is 18.6 Å². The molecule has 0 bridgehead atoms. The molecule has 38 heavy (non-hydrogen) atoms. The van der Waals surface area contributed by atoms with Crippen molar-refractivity contribution in [2.45, 2.75) is 37.6 Å². The predicted molar refractivity (Wildman–Crippen MR) is 149 cm³/mol. The van der Waals surface area contributed by atoms with Crippen molar-refractivity contribution >= 4 is 29.2 Å². The number of nitrogens with zero attached hydrogens (tertiary/aromatic N) is 5. The Morgan fingerprint density at radius 3 is 2.63 bits per heavy atom. The molecule has 3 heterocycles. The van der Waals surface area contributed by atoms with Crippen LogP contribution in [0.3, 0.4) is 0 Å². The number of aromatic amines is 1. The minimum absolute atomic E-state index is 0.242. The molecule has 1 aromatic heterocycles. The highest BCUT2D eigenvalue weighted by Gasteiger charge is 2.38. The summed E-state index contributed by atoms with van der Waals surface area (Å²) in [5.41, 5.74) is 3.57. The normalized spacial score (nSPS) is 18.9. The fourth-order valence-electron chi connectivity index (χ4n) is 5.36. The molecule has 2 aliphatic heterocycles. The largest absolute Gasteiger partial charge is 0.434 e. The standard InChI is InChI=1S/C27H34ClFN6O2S/c1-17-5-7-21(29)24(18(17)2)19(3)25(26-30-31-27(36)37-26)35-16-34(14-13-33-11-9-32(4)10-12-33)22-15-20(28)6-8-23(22)38-35/h5-8,15,19,25H,9-14,16H2,1-4H3,(H,31,36)/t19-,25+/m1/s1. The van der Waals surface area contributed by atoms with Gasteiger partial charge >= 0.3 is 5.76 Å². The summed E-state index contributed by atoms with van der Waals surface area (Å²) in [5.74, 6) is -1.00. The van der Waals surface area contributed by atoms with Gasteiger partial charge in [0.05, 0.1) is 12.4 Å². The smallest absolute Gasteiger partial charge is 0.391 e. The topological polar surface area (TPSA) is 71.8 Å². The fourth-order valence-corrected chi connectivity index (χ4v) is 6.77. The maximum absolute atomic E-state index is 15.3. The fraction of sp³-hybridized carbons (Fsp3) is 0.481. The van der Waals surface area contributed by atoms with Crippen molar-refractivity contribution in [3.63, 3.8) is 0 Å². The van der Waals surface area contributed by atoms with E-state index < -0.39 is 11.8 Å². The van der Waals surface area contributed by atoms with Crippen molar-refractivity contribution in [2.24, 2.45) is 0 Å². The Bertz CT molecular complexity index is 1340. The predicted octanol–water partition coefficient (Wildman–Crippen LogP) is 4.65. The second-order valence-electron chi connectivity index (χ2n) is 10.3. The van der Waals surface area contributed by atoms with Crippen LogP contribution < -0.4 is 10.7 Å². The molecule has 2 aliphatic rings. The number of fused-ring (bicyclic) bond motifs is 1. The van der Waals surface area contributed by atoms with Gasteiger partial charge in [0, 0.05) is 55.1 Å². The van der Waals surface area contributed by atoms with E-state index in [0.29, 0.717) is 17.3 Å². The molecule has 1 N–H and O–H groups in total. The molecule has 2 atom stereocenters. The monoisotopic (exact) mass is 560 g/mol. The highest BCUT2D eigenvalue weighted by Crippen LogP contribution is 2.47. The van der Waals surface area contributed by atoms with E-state index in [0.717, 1.165) is 61.0 Å². The van der Waals surface area contributed by atoms with E-state index >= 15 is 4.39 Å². The number of H-pyrrole nitrogens is 1. The molecule has 0 amide bonds. The number of nitrogens with one attached hydrogen (secondary N) is 1. The number of anilines is 1. The number of hydrogen-bond acceptors (Lipinski definition) is 8. The summed E-state index contributed by atoms with van der Waals surface area (Å²) in [6.45, 7) is 12.3. The molecule has 1 fully saturated rings. The van der Waals surface area contributed by atoms with Crippen LogP contribution in [0.1, 0.15) is 41.5 Å². The van der Waals surface area contributed by atoms with Gasteiger partial charge in [-0.1, -0.05) is 24.6 Å². The first kappa shape index (κ1) is 27.2. The van der Waals surface area contributed by atoms with Crippen LogP contribution in [0.15, 0.2) is 44.4 Å². The van der Waals surface area contributed by atoms with Crippen LogP contribution in [0.5, 0.6) is 0 Å². The number of halogens is 2. The molecule has 11 heteroatoms. The Morgan fingerprint density at radius 1 is 1.16 bits per heavy atom. The van der Waals surface area contributed by atoms with Crippen molar-refractivity contribution in [3.8, 4) is 0 Å². The van der Waals surface area contributed by atoms with Crippen LogP contribution in [-0.2, 0) is 0 Å². The second-order valence-corrected chi connectivity index (χ2v) is 11.8. The molecule has 0 saturated carbocycles. The SMILES string of the molecule is Cc1ccc(F)c([C@@H](C)[C@@H](c2n[nH]c(=O)o2)N2CN(CCN3CCN(C)CC3)c3cc(Cl)ccc3S2)c1C. The van der Waals surface area contributed by atoms with E-state index in [2.05, 4.69) is 36.2 Å². The molecule has 0 radical (unpaired) electrons. The Balaban J connectivity index is 1.49. The molecule has 0 unspecified atom stereocenters. The number of benzene rings is 2. The molecule has 8 nitrogen and oxygen atoms in total. The van der Waals surface area contributed by atoms with Gasteiger partial charge < -0.3 is 14.2 Å². The average Bonchev–Trinajstić information content (AvgIpc) is 3.32. The van der Waals surface area contributed by atoms with Crippen molar-refractivity contribution in [2.75, 3.05) is 57.9 Å². The van der Waals surface area contributed by atoms with E-state index in [4.69, 9.17) is 16.0 Å². The first-order valence-corrected chi connectivity index (χ1v) is 14.1. The average molecular weight is 561 g/mol. The minimum Gasteiger partial charge on any atom is -0.391 e. The molecule has 204 valence electrons. The third kappa shape index (κ3) is 5.65. The summed E-state index contributed by atoms with van der Waals surface area (Å²) in [6.07, 6.45) is 0. The number of rotatable bonds is 7. The zero-order valence-corrected chi connectivity index (χ0v) is 23.8. The zero-order valence-electron chi connectivity index (χ0n) is 22.2. The summed E-state index contributed by atoms with van der Waals surface area (Å²) in [5, 5.41) is 7.29. The lowest BCUT2D eigenvalue weighted by molar-refractivity contribution is 0.155. The summed E-state index contributed by atoms with van der Waals surface area (Å²) < 4.78 is 22.9. The minimum atomic E-state index is -0.625. The van der Waals surface area contributed by atoms with Crippen LogP contribution in [0.25, 0.3) is 0 Å². The van der Waals surface area contributed by atoms with Crippen LogP contribution in [0.4, 0.5) is 10.1 Å². The van der Waals surface area contributed by atoms with Crippen LogP contribution in [0.2, 0.25) is 5.02 Å². The van der Waals surface area contributed by atoms with Crippen molar-refractivity contribution in [1.29, 1.82) is 0 Å². The Morgan fingerprint density at radius 2 is 1.92 bits per heavy atom. The summed E-state index contributed by atoms with van der Waals surface area (Å²) >= 11 is 7.97. The van der Waals surface area contributed by atoms with Crippen molar-refractivity contribution < 1.29 is 8.81 Å². The number of aromatic nitrogens is 2. The van der Waals surface area contributed by atoms with E-state index in [1.807, 2.05) is 39.0 Å². The molecule has 3 aromatic rings. The molecule has 0 aliphatic carbocycles. The Hall–Kier alpha value is -2.37. The number of aryl methyl sites for hydroxylation is 1. The van der Waals surface area contributed by atoms with Gasteiger partial charge in [0.2, 0.25) is 5.89 Å². The lowest BCUT2D eigenvalue weighted by Gasteiger charge is -2.43. The van der Waals surface area contributed by atoms with E-state index in [1.54, 1.807) is 18.0 Å². The van der Waals surface area contributed by atoms with E-state index in [-0.39, 0.29) is 17.6 Å². The second kappa shape index (κ2) is 11.4. The molecular formula is C27H34ClFN6O2S. The molecule has 0 spiro atoms. The molecule has 2 aromatic carbocycles. The van der Waals surface area contributed by atoms with E-state index in [1.165, 1.54) is 6.07 Å². The van der Waals surface area contributed by atoms with Crippen LogP contribution >= 0.6 is 23.5 Å². The quantitative estimate of drug-likeness (QED) is 0.419. The van der Waals surface area contributed by atoms with Gasteiger partial charge in [0.25, 0.3) is 0 Å². The number of hydrogen-bond donors (Lipinski definition) is 1. The van der Waals surface area contributed by atoms with Gasteiger partial charge in [-0.15, -0.1) is 5.10 Å². The van der Waals surface area contributed by atoms with Crippen molar-refractivity contribution in [1.82, 2.24) is 24.3 Å². The lowest BCUT2D eigenvalue weighted by atomic mass is 9.87. The summed E-state index contributed by atoms with van der Waals surface area (Å²) in [6, 6.07) is 8.70. The van der Waals surface area contributed by atoms with Gasteiger partial charge in [-0.05, 0) is 73.8 Å². The highest BCUT2D eigenvalue weighted by molar-refractivity contribution is 7.97. The van der Waals surface area contributed by atoms with Gasteiger partial charge in [0.1, 0.15) is 11.9 Å². The third-order valence-electron chi connectivity index (χ3n) is 7.75. The maximum atomic E-state index is 15.3. The molecule has 1 saturated heterocycles. The summed E-state index contributed by atoms with van der Waals surface area (Å²) in [4.78, 5) is 20.2. The van der Waals surface area contributed by atoms with Gasteiger partial charge in [-0.2, -0.15) is 0 Å². The Labute approximate surface area is 231 Å². The number of piperazine rings is 1. The maximum Gasteiger partial charge on any atom is 0.434 e. The zero-order chi connectivity index (χ0) is 27.0. The van der Waals surface area contributed by atoms with Crippen LogP contribution in [-0.4, -0.2) is 77.3 Å². The van der Waals surface area contributed by atoms with Gasteiger partial charge in [-0.3, -0.25) is 4.90 Å². The van der Waals surface area contributed by atoms with E-state index in [9.17, 15) is 4.79 Å². The van der Waals surface area contributed by atoms with Gasteiger partial charge in [0.15, 0.2) is 0 Å². The third-order valence-corrected chi connectivity index (χ3v) is 9.10. The molecule has 5 rings (SSSR count). The number of likely N-dealkylation sites (N-methyl/N-ethyl adjacent to an activating group) is 1. The first-order chi connectivity index (χ1) is 18.2. The summed E-state index contributed by atoms with van der Waals surface area (Å²) in [7, 11) is 2.16. The van der Waals surface area contributed by atoms with Crippen LogP contribution in [0, 0.1) is 19.7 Å². The van der Waals surface area contributed by atoms with Crippen molar-refractivity contribution in [3.05, 3.63) is 74.3 Å². The first-order valence-electron chi connectivity index (χ1n) is 12.9. The highest BCUT2D eigenvalue weighted by atomic mass is 35.5. The molecular weight excluding hydrogens is 527 g/mol. The Kier molecular flexibility index (Phi) is 8.16. The lowest BCUT2D eigenvalue weighted by Crippen LogP contribution is -2.49.